The van der Waals surface area contributed by atoms with Crippen molar-refractivity contribution in [3.05, 3.63) is 35.0 Å². The Morgan fingerprint density at radius 3 is 1.95 bits per heavy atom. The second-order valence-electron chi connectivity index (χ2n) is 4.48. The Hall–Kier alpha value is -2.03. The number of nitrogens with one attached hydrogen (secondary N) is 1. The van der Waals surface area contributed by atoms with Gasteiger partial charge in [-0.25, -0.2) is 22.0 Å². The monoisotopic (exact) mass is 307 g/mol. The Labute approximate surface area is 116 Å². The summed E-state index contributed by atoms with van der Waals surface area (Å²) in [7, 11) is 0. The summed E-state index contributed by atoms with van der Waals surface area (Å²) in [5.74, 6) is -11.2. The number of hydrogen-bond acceptors (Lipinski definition) is 4. The molecule has 1 N–H and O–H groups in total. The van der Waals surface area contributed by atoms with Crippen LogP contribution in [0.25, 0.3) is 11.5 Å². The van der Waals surface area contributed by atoms with Gasteiger partial charge in [0.2, 0.25) is 11.7 Å². The van der Waals surface area contributed by atoms with E-state index in [-0.39, 0.29) is 18.5 Å². The molecule has 0 spiro atoms. The van der Waals surface area contributed by atoms with Gasteiger partial charge in [-0.05, 0) is 0 Å². The van der Waals surface area contributed by atoms with Gasteiger partial charge in [0.15, 0.2) is 23.3 Å². The summed E-state index contributed by atoms with van der Waals surface area (Å²) in [6.45, 7) is 3.77. The van der Waals surface area contributed by atoms with Crippen molar-refractivity contribution >= 4 is 0 Å². The molecule has 114 valence electrons. The topological polar surface area (TPSA) is 51.0 Å². The van der Waals surface area contributed by atoms with Gasteiger partial charge in [0.05, 0.1) is 6.54 Å². The van der Waals surface area contributed by atoms with E-state index in [4.69, 9.17) is 4.42 Å². The number of benzene rings is 1. The minimum atomic E-state index is -2.24. The Kier molecular flexibility index (Phi) is 4.21. The van der Waals surface area contributed by atoms with Crippen LogP contribution in [-0.2, 0) is 6.54 Å². The number of hydrogen-bond donors (Lipinski definition) is 1. The van der Waals surface area contributed by atoms with Crippen LogP contribution in [0.1, 0.15) is 19.7 Å². The number of halogens is 5. The molecule has 0 aliphatic carbocycles. The molecule has 0 atom stereocenters. The standard InChI is InChI=1S/C12H10F5N3O/c1-4(2)18-3-5-19-20-12(21-5)6-7(13)9(15)11(17)10(16)8(6)14/h4,18H,3H2,1-2H3. The van der Waals surface area contributed by atoms with E-state index in [1.165, 1.54) is 0 Å². The van der Waals surface area contributed by atoms with E-state index in [0.29, 0.717) is 0 Å². The Morgan fingerprint density at radius 2 is 1.43 bits per heavy atom. The lowest BCUT2D eigenvalue weighted by Crippen LogP contribution is -2.21. The molecule has 0 amide bonds. The van der Waals surface area contributed by atoms with Crippen LogP contribution >= 0.6 is 0 Å². The van der Waals surface area contributed by atoms with E-state index in [1.54, 1.807) is 0 Å². The minimum Gasteiger partial charge on any atom is -0.419 e. The molecule has 0 aliphatic heterocycles. The van der Waals surface area contributed by atoms with E-state index < -0.39 is 40.5 Å². The van der Waals surface area contributed by atoms with Gasteiger partial charge in [-0.1, -0.05) is 13.8 Å². The van der Waals surface area contributed by atoms with Crippen molar-refractivity contribution in [2.45, 2.75) is 26.4 Å². The Bertz CT molecular complexity index is 642. The molecule has 0 radical (unpaired) electrons. The predicted molar refractivity (Wildman–Crippen MR) is 61.5 cm³/mol. The fraction of sp³-hybridized carbons (Fsp3) is 0.333. The van der Waals surface area contributed by atoms with Crippen LogP contribution in [0.5, 0.6) is 0 Å². The van der Waals surface area contributed by atoms with Crippen LogP contribution in [0, 0.1) is 29.1 Å². The molecule has 1 aromatic heterocycles. The number of aromatic nitrogens is 2. The normalized spacial score (nSPS) is 11.4. The zero-order valence-electron chi connectivity index (χ0n) is 11.0. The maximum Gasteiger partial charge on any atom is 0.253 e. The third-order valence-electron chi connectivity index (χ3n) is 2.55. The summed E-state index contributed by atoms with van der Waals surface area (Å²) in [6.07, 6.45) is 0. The first kappa shape index (κ1) is 15.4. The highest BCUT2D eigenvalue weighted by atomic mass is 19.2. The van der Waals surface area contributed by atoms with E-state index in [2.05, 4.69) is 15.5 Å². The molecule has 0 saturated carbocycles. The smallest absolute Gasteiger partial charge is 0.253 e. The summed E-state index contributed by atoms with van der Waals surface area (Å²) in [5, 5.41) is 9.68. The van der Waals surface area contributed by atoms with Crippen molar-refractivity contribution < 1.29 is 26.4 Å². The minimum absolute atomic E-state index is 0.0392. The molecular weight excluding hydrogens is 297 g/mol. The van der Waals surface area contributed by atoms with Gasteiger partial charge in [0.1, 0.15) is 5.56 Å². The SMILES string of the molecule is CC(C)NCc1nnc(-c2c(F)c(F)c(F)c(F)c2F)o1. The van der Waals surface area contributed by atoms with Crippen molar-refractivity contribution in [2.75, 3.05) is 0 Å². The average Bonchev–Trinajstić information content (AvgIpc) is 2.89. The fourth-order valence-corrected chi connectivity index (χ4v) is 1.51. The van der Waals surface area contributed by atoms with Crippen LogP contribution in [0.3, 0.4) is 0 Å². The van der Waals surface area contributed by atoms with Crippen molar-refractivity contribution in [1.82, 2.24) is 15.5 Å². The number of nitrogens with zero attached hydrogens (tertiary/aromatic N) is 2. The quantitative estimate of drug-likeness (QED) is 0.536. The Balaban J connectivity index is 2.43. The highest BCUT2D eigenvalue weighted by molar-refractivity contribution is 5.55. The van der Waals surface area contributed by atoms with Crippen molar-refractivity contribution in [3.63, 3.8) is 0 Å². The summed E-state index contributed by atoms with van der Waals surface area (Å²) in [5.41, 5.74) is -1.24. The molecule has 0 unspecified atom stereocenters. The van der Waals surface area contributed by atoms with E-state index >= 15 is 0 Å². The van der Waals surface area contributed by atoms with Gasteiger partial charge >= 0.3 is 0 Å². The first-order valence-corrected chi connectivity index (χ1v) is 5.90. The Morgan fingerprint density at radius 1 is 0.905 bits per heavy atom. The van der Waals surface area contributed by atoms with Gasteiger partial charge in [-0.15, -0.1) is 10.2 Å². The molecule has 0 aliphatic rings. The van der Waals surface area contributed by atoms with Gasteiger partial charge in [-0.3, -0.25) is 0 Å². The van der Waals surface area contributed by atoms with E-state index in [0.717, 1.165) is 0 Å². The molecule has 0 saturated heterocycles. The first-order chi connectivity index (χ1) is 9.82. The van der Waals surface area contributed by atoms with E-state index in [1.807, 2.05) is 13.8 Å². The van der Waals surface area contributed by atoms with Crippen LogP contribution in [-0.4, -0.2) is 16.2 Å². The largest absolute Gasteiger partial charge is 0.419 e. The molecule has 2 rings (SSSR count). The third-order valence-corrected chi connectivity index (χ3v) is 2.55. The number of rotatable bonds is 4. The fourth-order valence-electron chi connectivity index (χ4n) is 1.51. The second kappa shape index (κ2) is 5.76. The van der Waals surface area contributed by atoms with Crippen LogP contribution in [0.15, 0.2) is 4.42 Å². The summed E-state index contributed by atoms with van der Waals surface area (Å²) in [4.78, 5) is 0. The zero-order chi connectivity index (χ0) is 15.7. The lowest BCUT2D eigenvalue weighted by molar-refractivity contribution is 0.377. The average molecular weight is 307 g/mol. The summed E-state index contributed by atoms with van der Waals surface area (Å²) >= 11 is 0. The molecule has 21 heavy (non-hydrogen) atoms. The van der Waals surface area contributed by atoms with Crippen molar-refractivity contribution in [2.24, 2.45) is 0 Å². The summed E-state index contributed by atoms with van der Waals surface area (Å²) < 4.78 is 71.1. The molecule has 1 heterocycles. The molecule has 2 aromatic rings. The highest BCUT2D eigenvalue weighted by Crippen LogP contribution is 2.30. The predicted octanol–water partition coefficient (Wildman–Crippen LogP) is 2.93. The van der Waals surface area contributed by atoms with Gasteiger partial charge in [-0.2, -0.15) is 0 Å². The highest BCUT2D eigenvalue weighted by Gasteiger charge is 2.29. The van der Waals surface area contributed by atoms with Crippen LogP contribution < -0.4 is 5.32 Å². The first-order valence-electron chi connectivity index (χ1n) is 5.90. The van der Waals surface area contributed by atoms with E-state index in [9.17, 15) is 22.0 Å². The second-order valence-corrected chi connectivity index (χ2v) is 4.48. The molecule has 0 fully saturated rings. The van der Waals surface area contributed by atoms with Gasteiger partial charge < -0.3 is 9.73 Å². The zero-order valence-corrected chi connectivity index (χ0v) is 11.0. The lowest BCUT2D eigenvalue weighted by Gasteiger charge is -2.05. The molecule has 4 nitrogen and oxygen atoms in total. The van der Waals surface area contributed by atoms with Gasteiger partial charge in [0.25, 0.3) is 5.89 Å². The summed E-state index contributed by atoms with van der Waals surface area (Å²) in [6, 6.07) is 0.0783. The maximum atomic E-state index is 13.5. The molecule has 0 bridgehead atoms. The van der Waals surface area contributed by atoms with Crippen molar-refractivity contribution in [3.8, 4) is 11.5 Å². The van der Waals surface area contributed by atoms with Gasteiger partial charge in [0, 0.05) is 6.04 Å². The molecular formula is C12H10F5N3O. The third kappa shape index (κ3) is 2.87. The van der Waals surface area contributed by atoms with Crippen LogP contribution in [0.4, 0.5) is 22.0 Å². The van der Waals surface area contributed by atoms with Crippen LogP contribution in [0.2, 0.25) is 0 Å². The molecule has 9 heteroatoms. The molecule has 1 aromatic carbocycles. The van der Waals surface area contributed by atoms with Crippen molar-refractivity contribution in [1.29, 1.82) is 0 Å². The maximum absolute atomic E-state index is 13.5. The lowest BCUT2D eigenvalue weighted by atomic mass is 10.1.